The van der Waals surface area contributed by atoms with Crippen molar-refractivity contribution in [3.63, 3.8) is 0 Å². The third-order valence-electron chi connectivity index (χ3n) is 4.61. The maximum absolute atomic E-state index is 6.76. The molecule has 0 amide bonds. The Morgan fingerprint density at radius 2 is 0.781 bits per heavy atom. The third kappa shape index (κ3) is 5.04. The number of halogens is 6. The lowest BCUT2D eigenvalue weighted by Gasteiger charge is -2.15. The van der Waals surface area contributed by atoms with Crippen LogP contribution in [0.1, 0.15) is 0 Å². The first-order valence-corrected chi connectivity index (χ1v) is 13.6. The van der Waals surface area contributed by atoms with E-state index in [-0.39, 0.29) is 0 Å². The van der Waals surface area contributed by atoms with Crippen LogP contribution < -0.4 is 0 Å². The summed E-state index contributed by atoms with van der Waals surface area (Å²) in [7, 11) is 2.66. The van der Waals surface area contributed by atoms with E-state index in [0.717, 1.165) is 22.3 Å². The van der Waals surface area contributed by atoms with E-state index < -0.39 is 0 Å². The highest BCUT2D eigenvalue weighted by Crippen LogP contribution is 2.54. The van der Waals surface area contributed by atoms with Gasteiger partial charge in [-0.25, -0.2) is 0 Å². The predicted octanol–water partition coefficient (Wildman–Crippen LogP) is 11.7. The molecule has 0 saturated carbocycles. The summed E-state index contributed by atoms with van der Waals surface area (Å²) in [4.78, 5) is 1.25. The van der Waals surface area contributed by atoms with Crippen LogP contribution in [-0.2, 0) is 0 Å². The van der Waals surface area contributed by atoms with Crippen molar-refractivity contribution in [1.29, 1.82) is 0 Å². The molecule has 32 heavy (non-hydrogen) atoms. The van der Waals surface area contributed by atoms with Crippen molar-refractivity contribution in [2.24, 2.45) is 0 Å². The van der Waals surface area contributed by atoms with Crippen LogP contribution >= 0.6 is 91.2 Å². The molecule has 0 aliphatic heterocycles. The van der Waals surface area contributed by atoms with Crippen molar-refractivity contribution >= 4 is 91.2 Å². The van der Waals surface area contributed by atoms with Crippen LogP contribution in [-0.4, -0.2) is 0 Å². The Bertz CT molecular complexity index is 1180. The van der Waals surface area contributed by atoms with Gasteiger partial charge in [-0.2, -0.15) is 0 Å². The van der Waals surface area contributed by atoms with Crippen LogP contribution in [0.25, 0.3) is 22.3 Å². The van der Waals surface area contributed by atoms with Crippen molar-refractivity contribution < 1.29 is 0 Å². The lowest BCUT2D eigenvalue weighted by atomic mass is 10.1. The summed E-state index contributed by atoms with van der Waals surface area (Å²) < 4.78 is 0. The molecule has 0 nitrogen and oxygen atoms in total. The highest BCUT2D eigenvalue weighted by atomic mass is 35.5. The molecule has 4 aromatic carbocycles. The molecule has 162 valence electrons. The van der Waals surface area contributed by atoms with Gasteiger partial charge in [-0.3, -0.25) is 0 Å². The van der Waals surface area contributed by atoms with Gasteiger partial charge in [0.15, 0.2) is 0 Å². The molecular weight excluding hydrogens is 565 g/mol. The van der Waals surface area contributed by atoms with Crippen molar-refractivity contribution in [1.82, 2.24) is 0 Å². The topological polar surface area (TPSA) is 0 Å². The van der Waals surface area contributed by atoms with Gasteiger partial charge in [0.2, 0.25) is 0 Å². The molecule has 0 heterocycles. The highest BCUT2D eigenvalue weighted by molar-refractivity contribution is 8.76. The van der Waals surface area contributed by atoms with Crippen molar-refractivity contribution in [3.05, 3.63) is 103 Å². The zero-order valence-corrected chi connectivity index (χ0v) is 22.2. The van der Waals surface area contributed by atoms with Gasteiger partial charge in [-0.05, 0) is 44.8 Å². The SMILES string of the molecule is Clc1cc(-c2ccccc2)c(Cl)c(SSc2c(Cl)c(Cl)cc(-c3ccccc3)c2Cl)c1Cl. The second kappa shape index (κ2) is 10.7. The smallest absolute Gasteiger partial charge is 0.0752 e. The Balaban J connectivity index is 1.75. The van der Waals surface area contributed by atoms with Gasteiger partial charge in [0.25, 0.3) is 0 Å². The Labute approximate surface area is 224 Å². The molecule has 0 bridgehead atoms. The van der Waals surface area contributed by atoms with E-state index in [0.29, 0.717) is 39.9 Å². The number of hydrogen-bond donors (Lipinski definition) is 0. The maximum atomic E-state index is 6.76. The van der Waals surface area contributed by atoms with Gasteiger partial charge >= 0.3 is 0 Å². The molecule has 0 spiro atoms. The van der Waals surface area contributed by atoms with Crippen molar-refractivity contribution in [2.75, 3.05) is 0 Å². The molecule has 4 rings (SSSR count). The Hall–Kier alpha value is -0.680. The zero-order valence-electron chi connectivity index (χ0n) is 16.0. The lowest BCUT2D eigenvalue weighted by molar-refractivity contribution is 1.45. The van der Waals surface area contributed by atoms with Crippen LogP contribution in [0.5, 0.6) is 0 Å². The summed E-state index contributed by atoms with van der Waals surface area (Å²) in [6.07, 6.45) is 0. The summed E-state index contributed by atoms with van der Waals surface area (Å²) >= 11 is 39.4. The molecule has 0 aliphatic carbocycles. The van der Waals surface area contributed by atoms with Crippen molar-refractivity contribution in [2.45, 2.75) is 9.79 Å². The molecule has 4 aromatic rings. The molecule has 8 heteroatoms. The van der Waals surface area contributed by atoms with E-state index >= 15 is 0 Å². The minimum atomic E-state index is 0.367. The summed E-state index contributed by atoms with van der Waals surface area (Å²) in [6.45, 7) is 0. The van der Waals surface area contributed by atoms with Gasteiger partial charge in [0, 0.05) is 11.1 Å². The van der Waals surface area contributed by atoms with E-state index in [9.17, 15) is 0 Å². The minimum absolute atomic E-state index is 0.367. The Morgan fingerprint density at radius 1 is 0.438 bits per heavy atom. The fraction of sp³-hybridized carbons (Fsp3) is 0. The standard InChI is InChI=1S/C24H12Cl6S2/c25-17-11-15(13-7-3-1-4-8-13)19(27)23(21(17)29)31-32-24-20(28)16(12-18(26)22(24)30)14-9-5-2-6-10-14/h1-12H. The zero-order chi connectivity index (χ0) is 22.8. The molecule has 0 atom stereocenters. The minimum Gasteiger partial charge on any atom is -0.0826 e. The van der Waals surface area contributed by atoms with E-state index in [1.807, 2.05) is 60.7 Å². The maximum Gasteiger partial charge on any atom is 0.0752 e. The molecule has 0 fully saturated rings. The van der Waals surface area contributed by atoms with Gasteiger partial charge in [0.1, 0.15) is 0 Å². The number of rotatable bonds is 5. The lowest BCUT2D eigenvalue weighted by Crippen LogP contribution is -1.87. The summed E-state index contributed by atoms with van der Waals surface area (Å²) in [6, 6.07) is 23.0. The number of hydrogen-bond acceptors (Lipinski definition) is 2. The van der Waals surface area contributed by atoms with Crippen LogP contribution in [0.15, 0.2) is 82.6 Å². The molecule has 0 aliphatic rings. The first-order chi connectivity index (χ1) is 15.4. The van der Waals surface area contributed by atoms with Crippen LogP contribution in [0, 0.1) is 0 Å². The van der Waals surface area contributed by atoms with E-state index in [2.05, 4.69) is 0 Å². The van der Waals surface area contributed by atoms with Crippen LogP contribution in [0.4, 0.5) is 0 Å². The molecular formula is C24H12Cl6S2. The monoisotopic (exact) mass is 574 g/mol. The summed E-state index contributed by atoms with van der Waals surface area (Å²) in [5.41, 5.74) is 3.46. The highest BCUT2D eigenvalue weighted by Gasteiger charge is 2.21. The van der Waals surface area contributed by atoms with Gasteiger partial charge in [-0.1, -0.05) is 130 Å². The first-order valence-electron chi connectivity index (χ1n) is 9.18. The fourth-order valence-electron chi connectivity index (χ4n) is 3.05. The predicted molar refractivity (Wildman–Crippen MR) is 146 cm³/mol. The molecule has 0 aromatic heterocycles. The van der Waals surface area contributed by atoms with Gasteiger partial charge < -0.3 is 0 Å². The summed E-state index contributed by atoms with van der Waals surface area (Å²) in [5, 5.41) is 2.55. The Kier molecular flexibility index (Phi) is 8.19. The van der Waals surface area contributed by atoms with Crippen LogP contribution in [0.2, 0.25) is 30.1 Å². The molecule has 0 saturated heterocycles. The average Bonchev–Trinajstić information content (AvgIpc) is 2.81. The quantitative estimate of drug-likeness (QED) is 0.171. The molecule has 0 unspecified atom stereocenters. The van der Waals surface area contributed by atoms with Crippen molar-refractivity contribution in [3.8, 4) is 22.3 Å². The third-order valence-corrected chi connectivity index (χ3v) is 9.90. The van der Waals surface area contributed by atoms with E-state index in [1.54, 1.807) is 12.1 Å². The largest absolute Gasteiger partial charge is 0.0826 e. The average molecular weight is 577 g/mol. The second-order valence-electron chi connectivity index (χ2n) is 6.62. The van der Waals surface area contributed by atoms with Crippen LogP contribution in [0.3, 0.4) is 0 Å². The second-order valence-corrected chi connectivity index (χ2v) is 11.1. The molecule has 0 N–H and O–H groups in total. The first kappa shape index (κ1) is 24.4. The normalized spacial score (nSPS) is 11.1. The van der Waals surface area contributed by atoms with Gasteiger partial charge in [0.05, 0.1) is 39.9 Å². The van der Waals surface area contributed by atoms with Gasteiger partial charge in [-0.15, -0.1) is 0 Å². The summed E-state index contributed by atoms with van der Waals surface area (Å²) in [5.74, 6) is 0. The molecule has 0 radical (unpaired) electrons. The number of benzene rings is 4. The Morgan fingerprint density at radius 3 is 1.12 bits per heavy atom. The van der Waals surface area contributed by atoms with E-state index in [4.69, 9.17) is 69.6 Å². The fourth-order valence-corrected chi connectivity index (χ4v) is 7.89. The van der Waals surface area contributed by atoms with E-state index in [1.165, 1.54) is 21.6 Å².